The van der Waals surface area contributed by atoms with Crippen LogP contribution in [0.3, 0.4) is 0 Å². The Balaban J connectivity index is 1.31. The van der Waals surface area contributed by atoms with Gasteiger partial charge in [0.25, 0.3) is 0 Å². The second-order valence-corrected chi connectivity index (χ2v) is 8.63. The molecule has 0 bridgehead atoms. The molecule has 29 heavy (non-hydrogen) atoms. The third-order valence-electron chi connectivity index (χ3n) is 5.41. The smallest absolute Gasteiger partial charge is 0.223 e. The van der Waals surface area contributed by atoms with Gasteiger partial charge in [-0.3, -0.25) is 9.69 Å². The maximum Gasteiger partial charge on any atom is 0.223 e. The number of carbonyl (C=O) groups excluding carboxylic acids is 1. The minimum absolute atomic E-state index is 0.115. The number of piperidine rings is 1. The van der Waals surface area contributed by atoms with Gasteiger partial charge in [0, 0.05) is 16.9 Å². The van der Waals surface area contributed by atoms with E-state index in [1.54, 1.807) is 0 Å². The molecule has 0 spiro atoms. The Morgan fingerprint density at radius 2 is 1.72 bits per heavy atom. The summed E-state index contributed by atoms with van der Waals surface area (Å²) in [5, 5.41) is 3.04. The molecule has 1 heterocycles. The molecule has 0 aromatic heterocycles. The summed E-state index contributed by atoms with van der Waals surface area (Å²) in [7, 11) is 0. The van der Waals surface area contributed by atoms with Crippen molar-refractivity contribution in [3.63, 3.8) is 0 Å². The lowest BCUT2D eigenvalue weighted by Crippen LogP contribution is -2.41. The summed E-state index contributed by atoms with van der Waals surface area (Å²) in [6.07, 6.45) is 4.08. The number of benzene rings is 2. The Bertz CT molecular complexity index is 753. The van der Waals surface area contributed by atoms with Crippen LogP contribution in [-0.2, 0) is 17.8 Å². The number of hydrogen-bond donors (Lipinski definition) is 1. The topological polar surface area (TPSA) is 41.6 Å². The minimum Gasteiger partial charge on any atom is -0.492 e. The van der Waals surface area contributed by atoms with Crippen LogP contribution in [0.1, 0.15) is 37.3 Å². The zero-order valence-electron chi connectivity index (χ0n) is 17.2. The van der Waals surface area contributed by atoms with Gasteiger partial charge in [0.2, 0.25) is 5.91 Å². The summed E-state index contributed by atoms with van der Waals surface area (Å²) >= 11 is 3.47. The molecule has 2 aromatic rings. The van der Waals surface area contributed by atoms with E-state index < -0.39 is 0 Å². The standard InChI is InChI=1S/C24H31BrN2O2/c1-2-3-19-6-10-23(11-7-19)29-17-14-26-24(28)21-12-15-27(16-13-21)18-20-4-8-22(25)9-5-20/h4-11,21H,2-3,12-18H2,1H3,(H,26,28). The normalized spacial score (nSPS) is 15.2. The van der Waals surface area contributed by atoms with Crippen molar-refractivity contribution in [2.24, 2.45) is 5.92 Å². The Morgan fingerprint density at radius 3 is 2.38 bits per heavy atom. The van der Waals surface area contributed by atoms with E-state index in [-0.39, 0.29) is 11.8 Å². The Labute approximate surface area is 182 Å². The molecule has 2 aromatic carbocycles. The van der Waals surface area contributed by atoms with Crippen molar-refractivity contribution in [3.8, 4) is 5.75 Å². The molecule has 1 amide bonds. The van der Waals surface area contributed by atoms with Crippen LogP contribution in [0.2, 0.25) is 0 Å². The molecule has 0 saturated carbocycles. The summed E-state index contributed by atoms with van der Waals surface area (Å²) < 4.78 is 6.85. The molecule has 156 valence electrons. The minimum atomic E-state index is 0.115. The summed E-state index contributed by atoms with van der Waals surface area (Å²) in [5.74, 6) is 1.14. The summed E-state index contributed by atoms with van der Waals surface area (Å²) in [4.78, 5) is 14.9. The first kappa shape index (κ1) is 21.8. The number of rotatable bonds is 9. The fourth-order valence-corrected chi connectivity index (χ4v) is 3.99. The number of halogens is 1. The van der Waals surface area contributed by atoms with Gasteiger partial charge in [-0.2, -0.15) is 0 Å². The average Bonchev–Trinajstić information content (AvgIpc) is 2.74. The van der Waals surface area contributed by atoms with Crippen LogP contribution in [0.25, 0.3) is 0 Å². The maximum atomic E-state index is 12.4. The third kappa shape index (κ3) is 7.16. The first-order valence-electron chi connectivity index (χ1n) is 10.6. The number of ether oxygens (including phenoxy) is 1. The molecule has 1 aliphatic heterocycles. The summed E-state index contributed by atoms with van der Waals surface area (Å²) in [6, 6.07) is 16.7. The van der Waals surface area contributed by atoms with E-state index in [9.17, 15) is 4.79 Å². The molecule has 5 heteroatoms. The number of likely N-dealkylation sites (tertiary alicyclic amines) is 1. The van der Waals surface area contributed by atoms with Crippen LogP contribution in [0.4, 0.5) is 0 Å². The SMILES string of the molecule is CCCc1ccc(OCCNC(=O)C2CCN(Cc3ccc(Br)cc3)CC2)cc1. The monoisotopic (exact) mass is 458 g/mol. The highest BCUT2D eigenvalue weighted by atomic mass is 79.9. The molecule has 0 atom stereocenters. The first-order chi connectivity index (χ1) is 14.1. The van der Waals surface area contributed by atoms with E-state index in [2.05, 4.69) is 69.5 Å². The van der Waals surface area contributed by atoms with Crippen molar-refractivity contribution >= 4 is 21.8 Å². The Hall–Kier alpha value is -1.85. The van der Waals surface area contributed by atoms with Crippen molar-refractivity contribution < 1.29 is 9.53 Å². The van der Waals surface area contributed by atoms with Crippen LogP contribution >= 0.6 is 15.9 Å². The zero-order valence-corrected chi connectivity index (χ0v) is 18.8. The van der Waals surface area contributed by atoms with Gasteiger partial charge < -0.3 is 10.1 Å². The van der Waals surface area contributed by atoms with E-state index in [1.165, 1.54) is 11.1 Å². The lowest BCUT2D eigenvalue weighted by atomic mass is 9.95. The fraction of sp³-hybridized carbons (Fsp3) is 0.458. The van der Waals surface area contributed by atoms with E-state index in [1.807, 2.05) is 12.1 Å². The largest absolute Gasteiger partial charge is 0.492 e. The summed E-state index contributed by atoms with van der Waals surface area (Å²) in [5.41, 5.74) is 2.65. The highest BCUT2D eigenvalue weighted by molar-refractivity contribution is 9.10. The second-order valence-electron chi connectivity index (χ2n) is 7.71. The Morgan fingerprint density at radius 1 is 1.07 bits per heavy atom. The van der Waals surface area contributed by atoms with Gasteiger partial charge in [-0.25, -0.2) is 0 Å². The fourth-order valence-electron chi connectivity index (χ4n) is 3.73. The second kappa shape index (κ2) is 11.4. The molecule has 4 nitrogen and oxygen atoms in total. The van der Waals surface area contributed by atoms with E-state index >= 15 is 0 Å². The Kier molecular flexibility index (Phi) is 8.56. The molecular formula is C24H31BrN2O2. The molecule has 1 fully saturated rings. The van der Waals surface area contributed by atoms with Crippen LogP contribution in [0.15, 0.2) is 53.0 Å². The van der Waals surface area contributed by atoms with Crippen molar-refractivity contribution in [2.45, 2.75) is 39.2 Å². The summed E-state index contributed by atoms with van der Waals surface area (Å²) in [6.45, 7) is 6.12. The lowest BCUT2D eigenvalue weighted by Gasteiger charge is -2.31. The molecular weight excluding hydrogens is 428 g/mol. The van der Waals surface area contributed by atoms with Crippen LogP contribution < -0.4 is 10.1 Å². The molecule has 0 radical (unpaired) electrons. The molecule has 1 saturated heterocycles. The number of hydrogen-bond acceptors (Lipinski definition) is 3. The average molecular weight is 459 g/mol. The number of amides is 1. The quantitative estimate of drug-likeness (QED) is 0.548. The highest BCUT2D eigenvalue weighted by Gasteiger charge is 2.24. The van der Waals surface area contributed by atoms with Gasteiger partial charge in [0.05, 0.1) is 6.54 Å². The number of aryl methyl sites for hydroxylation is 1. The van der Waals surface area contributed by atoms with Gasteiger partial charge in [-0.15, -0.1) is 0 Å². The van der Waals surface area contributed by atoms with Gasteiger partial charge in [0.15, 0.2) is 0 Å². The number of carbonyl (C=O) groups is 1. The first-order valence-corrected chi connectivity index (χ1v) is 11.4. The van der Waals surface area contributed by atoms with Crippen molar-refractivity contribution in [2.75, 3.05) is 26.2 Å². The predicted octanol–water partition coefficient (Wildman–Crippen LogP) is 4.81. The molecule has 1 aliphatic rings. The molecule has 3 rings (SSSR count). The van der Waals surface area contributed by atoms with Crippen LogP contribution in [0.5, 0.6) is 5.75 Å². The van der Waals surface area contributed by atoms with Crippen LogP contribution in [0, 0.1) is 5.92 Å². The molecule has 1 N–H and O–H groups in total. The molecule has 0 aliphatic carbocycles. The third-order valence-corrected chi connectivity index (χ3v) is 5.94. The van der Waals surface area contributed by atoms with Crippen molar-refractivity contribution in [1.82, 2.24) is 10.2 Å². The van der Waals surface area contributed by atoms with Gasteiger partial charge >= 0.3 is 0 Å². The van der Waals surface area contributed by atoms with E-state index in [0.29, 0.717) is 13.2 Å². The van der Waals surface area contributed by atoms with E-state index in [4.69, 9.17) is 4.74 Å². The van der Waals surface area contributed by atoms with E-state index in [0.717, 1.165) is 55.5 Å². The highest BCUT2D eigenvalue weighted by Crippen LogP contribution is 2.20. The van der Waals surface area contributed by atoms with Crippen LogP contribution in [-0.4, -0.2) is 37.0 Å². The van der Waals surface area contributed by atoms with Crippen molar-refractivity contribution in [3.05, 3.63) is 64.1 Å². The lowest BCUT2D eigenvalue weighted by molar-refractivity contribution is -0.126. The zero-order chi connectivity index (χ0) is 20.5. The number of nitrogens with zero attached hydrogens (tertiary/aromatic N) is 1. The van der Waals surface area contributed by atoms with Gasteiger partial charge in [0.1, 0.15) is 12.4 Å². The molecule has 0 unspecified atom stereocenters. The number of nitrogens with one attached hydrogen (secondary N) is 1. The van der Waals surface area contributed by atoms with Gasteiger partial charge in [-0.05, 0) is 67.7 Å². The van der Waals surface area contributed by atoms with Crippen molar-refractivity contribution in [1.29, 1.82) is 0 Å². The van der Waals surface area contributed by atoms with Gasteiger partial charge in [-0.1, -0.05) is 53.5 Å². The predicted molar refractivity (Wildman–Crippen MR) is 121 cm³/mol. The maximum absolute atomic E-state index is 12.4.